The standard InChI is InChI=1S/C12H12N2O2/c1-8-11(7-14(2)13-8)9-3-5-10(6-4-9)12(15)16/h3-7H,1-2H3,(H,15,16). The molecule has 1 N–H and O–H groups in total. The van der Waals surface area contributed by atoms with Crippen molar-refractivity contribution < 1.29 is 9.90 Å². The molecule has 0 saturated heterocycles. The number of carbonyl (C=O) groups is 1. The van der Waals surface area contributed by atoms with E-state index in [-0.39, 0.29) is 0 Å². The molecule has 0 atom stereocenters. The van der Waals surface area contributed by atoms with E-state index in [1.807, 2.05) is 20.2 Å². The molecule has 2 aromatic rings. The van der Waals surface area contributed by atoms with Crippen molar-refractivity contribution in [1.29, 1.82) is 0 Å². The van der Waals surface area contributed by atoms with E-state index in [4.69, 9.17) is 5.11 Å². The van der Waals surface area contributed by atoms with Crippen molar-refractivity contribution in [2.45, 2.75) is 6.92 Å². The topological polar surface area (TPSA) is 55.1 Å². The first-order valence-electron chi connectivity index (χ1n) is 4.92. The Hall–Kier alpha value is -2.10. The summed E-state index contributed by atoms with van der Waals surface area (Å²) in [4.78, 5) is 10.7. The third-order valence-corrected chi connectivity index (χ3v) is 2.46. The maximum Gasteiger partial charge on any atom is 0.335 e. The second-order valence-corrected chi connectivity index (χ2v) is 3.68. The van der Waals surface area contributed by atoms with Crippen LogP contribution in [0.25, 0.3) is 11.1 Å². The maximum atomic E-state index is 10.7. The quantitative estimate of drug-likeness (QED) is 0.836. The van der Waals surface area contributed by atoms with Crippen molar-refractivity contribution in [3.05, 3.63) is 41.7 Å². The summed E-state index contributed by atoms with van der Waals surface area (Å²) in [5.74, 6) is -0.908. The van der Waals surface area contributed by atoms with Gasteiger partial charge < -0.3 is 5.11 Å². The summed E-state index contributed by atoms with van der Waals surface area (Å²) in [5.41, 5.74) is 3.24. The summed E-state index contributed by atoms with van der Waals surface area (Å²) < 4.78 is 1.75. The van der Waals surface area contributed by atoms with Crippen LogP contribution < -0.4 is 0 Å². The molecule has 82 valence electrons. The fraction of sp³-hybridized carbons (Fsp3) is 0.167. The van der Waals surface area contributed by atoms with E-state index in [2.05, 4.69) is 5.10 Å². The van der Waals surface area contributed by atoms with Crippen LogP contribution in [0.3, 0.4) is 0 Å². The van der Waals surface area contributed by atoms with Gasteiger partial charge in [-0.3, -0.25) is 4.68 Å². The van der Waals surface area contributed by atoms with Gasteiger partial charge in [-0.15, -0.1) is 0 Å². The van der Waals surface area contributed by atoms with Gasteiger partial charge in [-0.2, -0.15) is 5.10 Å². The molecule has 4 heteroatoms. The highest BCUT2D eigenvalue weighted by molar-refractivity contribution is 5.88. The Labute approximate surface area is 93.1 Å². The predicted molar refractivity (Wildman–Crippen MR) is 60.3 cm³/mol. The number of nitrogens with zero attached hydrogens (tertiary/aromatic N) is 2. The normalized spacial score (nSPS) is 10.4. The minimum Gasteiger partial charge on any atom is -0.478 e. The van der Waals surface area contributed by atoms with Crippen molar-refractivity contribution in [2.24, 2.45) is 7.05 Å². The molecule has 0 spiro atoms. The van der Waals surface area contributed by atoms with E-state index in [1.165, 1.54) is 0 Å². The fourth-order valence-corrected chi connectivity index (χ4v) is 1.68. The number of aromatic nitrogens is 2. The summed E-state index contributed by atoms with van der Waals surface area (Å²) in [6.07, 6.45) is 1.92. The third-order valence-electron chi connectivity index (χ3n) is 2.46. The number of benzene rings is 1. The second kappa shape index (κ2) is 3.81. The van der Waals surface area contributed by atoms with Gasteiger partial charge in [0.1, 0.15) is 0 Å². The molecule has 0 amide bonds. The highest BCUT2D eigenvalue weighted by Crippen LogP contribution is 2.22. The average molecular weight is 216 g/mol. The predicted octanol–water partition coefficient (Wildman–Crippen LogP) is 2.09. The zero-order chi connectivity index (χ0) is 11.7. The van der Waals surface area contributed by atoms with Crippen molar-refractivity contribution >= 4 is 5.97 Å². The van der Waals surface area contributed by atoms with Crippen LogP contribution in [0.1, 0.15) is 16.1 Å². The van der Waals surface area contributed by atoms with Crippen LogP contribution >= 0.6 is 0 Å². The molecule has 0 aliphatic rings. The Balaban J connectivity index is 2.42. The molecular weight excluding hydrogens is 204 g/mol. The monoisotopic (exact) mass is 216 g/mol. The van der Waals surface area contributed by atoms with E-state index in [1.54, 1.807) is 28.9 Å². The first-order chi connectivity index (χ1) is 7.58. The highest BCUT2D eigenvalue weighted by Gasteiger charge is 2.07. The van der Waals surface area contributed by atoms with Crippen LogP contribution in [0, 0.1) is 6.92 Å². The molecule has 0 saturated carbocycles. The van der Waals surface area contributed by atoms with Gasteiger partial charge in [0.25, 0.3) is 0 Å². The minimum absolute atomic E-state index is 0.297. The molecule has 16 heavy (non-hydrogen) atoms. The van der Waals surface area contributed by atoms with Crippen LogP contribution in [-0.4, -0.2) is 20.9 Å². The molecule has 4 nitrogen and oxygen atoms in total. The lowest BCUT2D eigenvalue weighted by molar-refractivity contribution is 0.0697. The van der Waals surface area contributed by atoms with E-state index in [0.717, 1.165) is 16.8 Å². The van der Waals surface area contributed by atoms with E-state index >= 15 is 0 Å². The Morgan fingerprint density at radius 1 is 1.31 bits per heavy atom. The first-order valence-corrected chi connectivity index (χ1v) is 4.92. The fourth-order valence-electron chi connectivity index (χ4n) is 1.68. The summed E-state index contributed by atoms with van der Waals surface area (Å²) in [7, 11) is 1.86. The van der Waals surface area contributed by atoms with Gasteiger partial charge >= 0.3 is 5.97 Å². The largest absolute Gasteiger partial charge is 0.478 e. The van der Waals surface area contributed by atoms with E-state index in [9.17, 15) is 4.79 Å². The molecule has 1 aromatic carbocycles. The van der Waals surface area contributed by atoms with Gasteiger partial charge in [0.05, 0.1) is 11.3 Å². The van der Waals surface area contributed by atoms with Crippen LogP contribution in [-0.2, 0) is 7.05 Å². The van der Waals surface area contributed by atoms with Gasteiger partial charge in [-0.1, -0.05) is 12.1 Å². The van der Waals surface area contributed by atoms with Gasteiger partial charge in [0.15, 0.2) is 0 Å². The van der Waals surface area contributed by atoms with Gasteiger partial charge in [-0.25, -0.2) is 4.79 Å². The zero-order valence-electron chi connectivity index (χ0n) is 9.14. The summed E-state index contributed by atoms with van der Waals surface area (Å²) in [5, 5.41) is 13.0. The number of hydrogen-bond donors (Lipinski definition) is 1. The number of carboxylic acids is 1. The SMILES string of the molecule is Cc1nn(C)cc1-c1ccc(C(=O)O)cc1. The Morgan fingerprint density at radius 2 is 1.94 bits per heavy atom. The van der Waals surface area contributed by atoms with E-state index < -0.39 is 5.97 Å². The summed E-state index contributed by atoms with van der Waals surface area (Å²) in [6, 6.07) is 6.80. The zero-order valence-corrected chi connectivity index (χ0v) is 9.14. The van der Waals surface area contributed by atoms with Gasteiger partial charge in [0.2, 0.25) is 0 Å². The maximum absolute atomic E-state index is 10.7. The lowest BCUT2D eigenvalue weighted by Crippen LogP contribution is -1.94. The highest BCUT2D eigenvalue weighted by atomic mass is 16.4. The molecule has 0 aliphatic carbocycles. The molecule has 0 fully saturated rings. The molecule has 1 heterocycles. The van der Waals surface area contributed by atoms with Crippen LogP contribution in [0.15, 0.2) is 30.5 Å². The van der Waals surface area contributed by atoms with Crippen LogP contribution in [0.5, 0.6) is 0 Å². The lowest BCUT2D eigenvalue weighted by Gasteiger charge is -1.99. The minimum atomic E-state index is -0.908. The van der Waals surface area contributed by atoms with Gasteiger partial charge in [-0.05, 0) is 24.6 Å². The van der Waals surface area contributed by atoms with Crippen molar-refractivity contribution in [1.82, 2.24) is 9.78 Å². The third kappa shape index (κ3) is 1.82. The van der Waals surface area contributed by atoms with Crippen molar-refractivity contribution in [3.63, 3.8) is 0 Å². The molecule has 0 radical (unpaired) electrons. The van der Waals surface area contributed by atoms with Crippen molar-refractivity contribution in [2.75, 3.05) is 0 Å². The smallest absolute Gasteiger partial charge is 0.335 e. The van der Waals surface area contributed by atoms with Gasteiger partial charge in [0, 0.05) is 18.8 Å². The lowest BCUT2D eigenvalue weighted by atomic mass is 10.1. The molecule has 2 rings (SSSR count). The number of rotatable bonds is 2. The Morgan fingerprint density at radius 3 is 2.38 bits per heavy atom. The van der Waals surface area contributed by atoms with Crippen LogP contribution in [0.4, 0.5) is 0 Å². The second-order valence-electron chi connectivity index (χ2n) is 3.68. The Bertz CT molecular complexity index is 526. The van der Waals surface area contributed by atoms with E-state index in [0.29, 0.717) is 5.56 Å². The number of aryl methyl sites for hydroxylation is 2. The number of aromatic carboxylic acids is 1. The van der Waals surface area contributed by atoms with Crippen molar-refractivity contribution in [3.8, 4) is 11.1 Å². The average Bonchev–Trinajstić information content (AvgIpc) is 2.58. The first kappa shape index (κ1) is 10.4. The number of carboxylic acid groups (broad SMARTS) is 1. The summed E-state index contributed by atoms with van der Waals surface area (Å²) >= 11 is 0. The molecular formula is C12H12N2O2. The van der Waals surface area contributed by atoms with Crippen LogP contribution in [0.2, 0.25) is 0 Å². The molecule has 0 bridgehead atoms. The Kier molecular flexibility index (Phi) is 2.48. The molecule has 0 unspecified atom stereocenters. The molecule has 1 aromatic heterocycles. The molecule has 0 aliphatic heterocycles. The number of hydrogen-bond acceptors (Lipinski definition) is 2. The summed E-state index contributed by atoms with van der Waals surface area (Å²) in [6.45, 7) is 1.93.